The molecule has 160 valence electrons. The second-order valence-corrected chi connectivity index (χ2v) is 8.54. The Morgan fingerprint density at radius 2 is 1.94 bits per heavy atom. The van der Waals surface area contributed by atoms with E-state index in [1.807, 2.05) is 60.7 Å². The van der Waals surface area contributed by atoms with Gasteiger partial charge in [0.1, 0.15) is 0 Å². The quantitative estimate of drug-likeness (QED) is 0.440. The molecule has 0 atom stereocenters. The van der Waals surface area contributed by atoms with Gasteiger partial charge in [0.25, 0.3) is 5.56 Å². The fourth-order valence-corrected chi connectivity index (χ4v) is 4.36. The van der Waals surface area contributed by atoms with Crippen molar-refractivity contribution in [2.24, 2.45) is 0 Å². The molecule has 0 bridgehead atoms. The first-order valence-electron chi connectivity index (χ1n) is 10.4. The van der Waals surface area contributed by atoms with Crippen molar-refractivity contribution in [2.45, 2.75) is 45.3 Å². The van der Waals surface area contributed by atoms with Gasteiger partial charge in [0.2, 0.25) is 11.7 Å². The molecule has 0 aliphatic carbocycles. The van der Waals surface area contributed by atoms with Crippen molar-refractivity contribution in [1.29, 1.82) is 0 Å². The van der Waals surface area contributed by atoms with Crippen molar-refractivity contribution >= 4 is 40.0 Å². The number of aryl methyl sites for hydroxylation is 3. The van der Waals surface area contributed by atoms with Gasteiger partial charge < -0.3 is 5.32 Å². The van der Waals surface area contributed by atoms with Gasteiger partial charge in [-0.05, 0) is 44.0 Å². The molecular formula is C23H25N5O2S. The van der Waals surface area contributed by atoms with Crippen LogP contribution in [-0.2, 0) is 11.3 Å². The molecule has 0 unspecified atom stereocenters. The lowest BCUT2D eigenvalue weighted by atomic mass is 10.1. The first-order valence-corrected chi connectivity index (χ1v) is 11.3. The Labute approximate surface area is 184 Å². The molecule has 2 heterocycles. The van der Waals surface area contributed by atoms with Crippen LogP contribution in [0.2, 0.25) is 0 Å². The number of hydrogen-bond donors (Lipinski definition) is 1. The van der Waals surface area contributed by atoms with E-state index in [0.29, 0.717) is 22.9 Å². The van der Waals surface area contributed by atoms with Crippen molar-refractivity contribution in [1.82, 2.24) is 19.2 Å². The molecule has 0 fully saturated rings. The Balaban J connectivity index is 1.64. The molecular weight excluding hydrogens is 410 g/mol. The molecule has 31 heavy (non-hydrogen) atoms. The monoisotopic (exact) mass is 435 g/mol. The number of aromatic nitrogens is 4. The van der Waals surface area contributed by atoms with Crippen LogP contribution in [0.25, 0.3) is 16.7 Å². The molecule has 1 N–H and O–H groups in total. The molecule has 2 aromatic carbocycles. The van der Waals surface area contributed by atoms with Crippen LogP contribution in [0.1, 0.15) is 30.9 Å². The lowest BCUT2D eigenvalue weighted by Crippen LogP contribution is -2.23. The maximum atomic E-state index is 13.0. The standard InChI is InChI=1S/C23H25N5O2S/c1-4-5-12-27-21(30)17-8-6-7-9-19(17)28-22(27)25-26-23(28)31-14-20(29)24-18-11-10-15(2)13-16(18)3/h6-11,13H,4-5,12,14H2,1-3H3,(H,24,29). The smallest absolute Gasteiger partial charge is 0.262 e. The van der Waals surface area contributed by atoms with Gasteiger partial charge in [-0.2, -0.15) is 0 Å². The van der Waals surface area contributed by atoms with Gasteiger partial charge in [-0.3, -0.25) is 18.6 Å². The van der Waals surface area contributed by atoms with Crippen LogP contribution in [0.15, 0.2) is 52.4 Å². The first kappa shape index (κ1) is 21.1. The van der Waals surface area contributed by atoms with E-state index in [1.165, 1.54) is 11.8 Å². The van der Waals surface area contributed by atoms with Crippen LogP contribution in [0.4, 0.5) is 5.69 Å². The number of thioether (sulfide) groups is 1. The second kappa shape index (κ2) is 8.93. The minimum atomic E-state index is -0.114. The van der Waals surface area contributed by atoms with Crippen molar-refractivity contribution in [2.75, 3.05) is 11.1 Å². The number of para-hydroxylation sites is 1. The largest absolute Gasteiger partial charge is 0.325 e. The Kier molecular flexibility index (Phi) is 6.08. The van der Waals surface area contributed by atoms with Crippen molar-refractivity contribution in [3.05, 3.63) is 63.9 Å². The van der Waals surface area contributed by atoms with E-state index in [1.54, 1.807) is 4.57 Å². The molecule has 0 aliphatic rings. The molecule has 7 nitrogen and oxygen atoms in total. The summed E-state index contributed by atoms with van der Waals surface area (Å²) in [5.41, 5.74) is 3.67. The molecule has 4 rings (SSSR count). The van der Waals surface area contributed by atoms with E-state index in [-0.39, 0.29) is 17.2 Å². The number of fused-ring (bicyclic) bond motifs is 3. The van der Waals surface area contributed by atoms with Gasteiger partial charge in [0, 0.05) is 12.2 Å². The zero-order valence-corrected chi connectivity index (χ0v) is 18.7. The van der Waals surface area contributed by atoms with Crippen molar-refractivity contribution in [3.63, 3.8) is 0 Å². The lowest BCUT2D eigenvalue weighted by Gasteiger charge is -2.11. The van der Waals surface area contributed by atoms with E-state index in [9.17, 15) is 9.59 Å². The molecule has 0 saturated heterocycles. The van der Waals surface area contributed by atoms with Crippen LogP contribution in [0, 0.1) is 13.8 Å². The van der Waals surface area contributed by atoms with Crippen LogP contribution in [-0.4, -0.2) is 30.8 Å². The van der Waals surface area contributed by atoms with Gasteiger partial charge in [0.05, 0.1) is 16.7 Å². The Bertz CT molecular complexity index is 1330. The summed E-state index contributed by atoms with van der Waals surface area (Å²) in [7, 11) is 0. The first-order chi connectivity index (χ1) is 15.0. The van der Waals surface area contributed by atoms with Gasteiger partial charge in [-0.15, -0.1) is 10.2 Å². The summed E-state index contributed by atoms with van der Waals surface area (Å²) in [6.07, 6.45) is 1.85. The lowest BCUT2D eigenvalue weighted by molar-refractivity contribution is -0.113. The van der Waals surface area contributed by atoms with E-state index in [2.05, 4.69) is 22.4 Å². The molecule has 0 saturated carbocycles. The van der Waals surface area contributed by atoms with Crippen LogP contribution >= 0.6 is 11.8 Å². The van der Waals surface area contributed by atoms with Gasteiger partial charge in [0.15, 0.2) is 5.16 Å². The molecule has 4 aromatic rings. The van der Waals surface area contributed by atoms with Gasteiger partial charge in [-0.1, -0.05) is 54.9 Å². The molecule has 0 radical (unpaired) electrons. The number of anilines is 1. The van der Waals surface area contributed by atoms with E-state index in [0.717, 1.165) is 35.2 Å². The van der Waals surface area contributed by atoms with Crippen LogP contribution < -0.4 is 10.9 Å². The number of amides is 1. The van der Waals surface area contributed by atoms with Crippen molar-refractivity contribution < 1.29 is 4.79 Å². The highest BCUT2D eigenvalue weighted by atomic mass is 32.2. The highest BCUT2D eigenvalue weighted by Gasteiger charge is 2.17. The number of nitrogens with zero attached hydrogens (tertiary/aromatic N) is 4. The van der Waals surface area contributed by atoms with E-state index >= 15 is 0 Å². The number of benzene rings is 2. The summed E-state index contributed by atoms with van der Waals surface area (Å²) >= 11 is 1.31. The third-order valence-corrected chi connectivity index (χ3v) is 6.13. The summed E-state index contributed by atoms with van der Waals surface area (Å²) in [6.45, 7) is 6.67. The molecule has 0 spiro atoms. The fourth-order valence-electron chi connectivity index (χ4n) is 3.62. The molecule has 2 aromatic heterocycles. The number of nitrogens with one attached hydrogen (secondary N) is 1. The molecule has 0 aliphatic heterocycles. The number of carbonyl (C=O) groups excluding carboxylic acids is 1. The summed E-state index contributed by atoms with van der Waals surface area (Å²) in [5, 5.41) is 12.8. The average molecular weight is 436 g/mol. The predicted octanol–water partition coefficient (Wildman–Crippen LogP) is 4.19. The minimum Gasteiger partial charge on any atom is -0.325 e. The van der Waals surface area contributed by atoms with Gasteiger partial charge >= 0.3 is 0 Å². The predicted molar refractivity (Wildman–Crippen MR) is 125 cm³/mol. The Morgan fingerprint density at radius 1 is 1.13 bits per heavy atom. The number of rotatable bonds is 7. The zero-order chi connectivity index (χ0) is 22.0. The third-order valence-electron chi connectivity index (χ3n) is 5.20. The second-order valence-electron chi connectivity index (χ2n) is 7.60. The minimum absolute atomic E-state index is 0.0620. The zero-order valence-electron chi connectivity index (χ0n) is 17.9. The highest BCUT2D eigenvalue weighted by Crippen LogP contribution is 2.23. The fraction of sp³-hybridized carbons (Fsp3) is 0.304. The summed E-state index contributed by atoms with van der Waals surface area (Å²) in [5.74, 6) is 0.586. The van der Waals surface area contributed by atoms with Crippen LogP contribution in [0.3, 0.4) is 0 Å². The topological polar surface area (TPSA) is 81.3 Å². The SMILES string of the molecule is CCCCn1c(=O)c2ccccc2n2c(SCC(=O)Nc3ccc(C)cc3C)nnc12. The van der Waals surface area contributed by atoms with Crippen LogP contribution in [0.5, 0.6) is 0 Å². The Morgan fingerprint density at radius 3 is 2.71 bits per heavy atom. The number of hydrogen-bond acceptors (Lipinski definition) is 5. The molecule has 8 heteroatoms. The Hall–Kier alpha value is -3.13. The summed E-state index contributed by atoms with van der Waals surface area (Å²) < 4.78 is 3.56. The summed E-state index contributed by atoms with van der Waals surface area (Å²) in [4.78, 5) is 25.6. The maximum absolute atomic E-state index is 13.0. The molecule has 1 amide bonds. The summed E-state index contributed by atoms with van der Waals surface area (Å²) in [6, 6.07) is 13.4. The highest BCUT2D eigenvalue weighted by molar-refractivity contribution is 7.99. The maximum Gasteiger partial charge on any atom is 0.262 e. The van der Waals surface area contributed by atoms with E-state index in [4.69, 9.17) is 0 Å². The van der Waals surface area contributed by atoms with E-state index < -0.39 is 0 Å². The van der Waals surface area contributed by atoms with Gasteiger partial charge in [-0.25, -0.2) is 0 Å². The third kappa shape index (κ3) is 4.20. The number of carbonyl (C=O) groups is 1. The van der Waals surface area contributed by atoms with Crippen molar-refractivity contribution in [3.8, 4) is 0 Å². The number of unbranched alkanes of at least 4 members (excludes halogenated alkanes) is 1. The average Bonchev–Trinajstić information content (AvgIpc) is 3.18. The normalized spacial score (nSPS) is 11.3.